The first-order valence-electron chi connectivity index (χ1n) is 9.08. The molecule has 0 atom stereocenters. The number of amides is 2. The molecule has 28 heavy (non-hydrogen) atoms. The van der Waals surface area contributed by atoms with E-state index in [0.717, 1.165) is 11.1 Å². The molecule has 2 aromatic rings. The van der Waals surface area contributed by atoms with Crippen LogP contribution in [0.3, 0.4) is 0 Å². The van der Waals surface area contributed by atoms with Gasteiger partial charge in [0, 0.05) is 24.2 Å². The van der Waals surface area contributed by atoms with Gasteiger partial charge in [0.25, 0.3) is 0 Å². The molecule has 0 aliphatic heterocycles. The van der Waals surface area contributed by atoms with E-state index in [0.29, 0.717) is 11.4 Å². The molecule has 0 aromatic heterocycles. The zero-order valence-electron chi connectivity index (χ0n) is 16.1. The van der Waals surface area contributed by atoms with Gasteiger partial charge in [0.2, 0.25) is 11.8 Å². The first kappa shape index (κ1) is 21.0. The summed E-state index contributed by atoms with van der Waals surface area (Å²) >= 11 is 0. The number of Topliss-reactive ketones (excluding diaryl/α,β-unsaturated/α-hetero) is 2. The maximum atomic E-state index is 11.9. The quantitative estimate of drug-likeness (QED) is 0.651. The van der Waals surface area contributed by atoms with Gasteiger partial charge >= 0.3 is 0 Å². The van der Waals surface area contributed by atoms with E-state index in [1.807, 2.05) is 38.1 Å². The maximum absolute atomic E-state index is 11.9. The van der Waals surface area contributed by atoms with Crippen LogP contribution in [-0.4, -0.2) is 23.4 Å². The van der Waals surface area contributed by atoms with E-state index in [-0.39, 0.29) is 37.2 Å². The SMILES string of the molecule is Cc1ccc(NC(=O)CC(=O)CCC(=O)CC(=O)Nc2ccc(C)cc2)cc1. The van der Waals surface area contributed by atoms with Crippen LogP contribution < -0.4 is 10.6 Å². The third-order valence-electron chi connectivity index (χ3n) is 4.07. The van der Waals surface area contributed by atoms with Crippen molar-refractivity contribution in [3.8, 4) is 0 Å². The van der Waals surface area contributed by atoms with Crippen molar-refractivity contribution in [3.05, 3.63) is 59.7 Å². The molecular formula is C22H24N2O4. The van der Waals surface area contributed by atoms with Crippen LogP contribution >= 0.6 is 0 Å². The Labute approximate surface area is 164 Å². The summed E-state index contributed by atoms with van der Waals surface area (Å²) in [6.07, 6.45) is -0.705. The lowest BCUT2D eigenvalue weighted by atomic mass is 10.1. The molecule has 2 N–H and O–H groups in total. The van der Waals surface area contributed by atoms with Crippen LogP contribution in [0.4, 0.5) is 11.4 Å². The van der Waals surface area contributed by atoms with Gasteiger partial charge in [0.05, 0.1) is 12.8 Å². The number of nitrogens with one attached hydrogen (secondary N) is 2. The highest BCUT2D eigenvalue weighted by molar-refractivity contribution is 6.07. The van der Waals surface area contributed by atoms with E-state index < -0.39 is 11.8 Å². The third-order valence-corrected chi connectivity index (χ3v) is 4.07. The lowest BCUT2D eigenvalue weighted by molar-refractivity contribution is -0.130. The molecule has 0 fully saturated rings. The largest absolute Gasteiger partial charge is 0.326 e. The second-order valence-corrected chi connectivity index (χ2v) is 6.76. The Morgan fingerprint density at radius 2 is 0.929 bits per heavy atom. The van der Waals surface area contributed by atoms with E-state index in [9.17, 15) is 19.2 Å². The molecule has 0 saturated carbocycles. The molecular weight excluding hydrogens is 356 g/mol. The van der Waals surface area contributed by atoms with Crippen LogP contribution in [0.15, 0.2) is 48.5 Å². The monoisotopic (exact) mass is 380 g/mol. The number of carbonyl (C=O) groups is 4. The van der Waals surface area contributed by atoms with Gasteiger partial charge in [0.1, 0.15) is 11.6 Å². The minimum Gasteiger partial charge on any atom is -0.326 e. The van der Waals surface area contributed by atoms with E-state index in [1.165, 1.54) is 0 Å². The summed E-state index contributed by atoms with van der Waals surface area (Å²) in [4.78, 5) is 47.5. The van der Waals surface area contributed by atoms with Gasteiger partial charge in [-0.3, -0.25) is 19.2 Å². The normalized spacial score (nSPS) is 10.2. The smallest absolute Gasteiger partial charge is 0.231 e. The first-order chi connectivity index (χ1) is 13.3. The van der Waals surface area contributed by atoms with Gasteiger partial charge in [-0.15, -0.1) is 0 Å². The Morgan fingerprint density at radius 1 is 0.607 bits per heavy atom. The molecule has 0 saturated heterocycles. The summed E-state index contributed by atoms with van der Waals surface area (Å²) < 4.78 is 0. The highest BCUT2D eigenvalue weighted by Gasteiger charge is 2.14. The lowest BCUT2D eigenvalue weighted by Crippen LogP contribution is -2.19. The van der Waals surface area contributed by atoms with Crippen molar-refractivity contribution in [3.63, 3.8) is 0 Å². The molecule has 2 rings (SSSR count). The molecule has 0 aliphatic rings. The van der Waals surface area contributed by atoms with Gasteiger partial charge in [-0.25, -0.2) is 0 Å². The molecule has 2 aromatic carbocycles. The Kier molecular flexibility index (Phi) is 7.63. The van der Waals surface area contributed by atoms with Gasteiger partial charge in [-0.2, -0.15) is 0 Å². The Morgan fingerprint density at radius 3 is 1.25 bits per heavy atom. The number of hydrogen-bond acceptors (Lipinski definition) is 4. The van der Waals surface area contributed by atoms with Crippen molar-refractivity contribution in [1.29, 1.82) is 0 Å². The van der Waals surface area contributed by atoms with E-state index in [1.54, 1.807) is 24.3 Å². The fourth-order valence-corrected chi connectivity index (χ4v) is 2.50. The summed E-state index contributed by atoms with van der Waals surface area (Å²) in [5, 5.41) is 5.28. The number of ketones is 2. The number of anilines is 2. The molecule has 0 spiro atoms. The lowest BCUT2D eigenvalue weighted by Gasteiger charge is -2.06. The predicted molar refractivity (Wildman–Crippen MR) is 108 cm³/mol. The Bertz CT molecular complexity index is 782. The summed E-state index contributed by atoms with van der Waals surface area (Å²) in [7, 11) is 0. The van der Waals surface area contributed by atoms with Crippen molar-refractivity contribution in [2.24, 2.45) is 0 Å². The fourth-order valence-electron chi connectivity index (χ4n) is 2.50. The number of carbonyl (C=O) groups excluding carboxylic acids is 4. The van der Waals surface area contributed by atoms with Crippen molar-refractivity contribution >= 4 is 34.8 Å². The number of hydrogen-bond donors (Lipinski definition) is 2. The van der Waals surface area contributed by atoms with Crippen molar-refractivity contribution in [1.82, 2.24) is 0 Å². The van der Waals surface area contributed by atoms with Crippen LogP contribution in [0.1, 0.15) is 36.8 Å². The maximum Gasteiger partial charge on any atom is 0.231 e. The Hall–Kier alpha value is -3.28. The van der Waals surface area contributed by atoms with E-state index in [2.05, 4.69) is 10.6 Å². The van der Waals surface area contributed by atoms with Crippen LogP contribution in [-0.2, 0) is 19.2 Å². The number of rotatable bonds is 9. The van der Waals surface area contributed by atoms with Crippen LogP contribution in [0.25, 0.3) is 0 Å². The van der Waals surface area contributed by atoms with Crippen molar-refractivity contribution in [2.45, 2.75) is 39.5 Å². The minimum absolute atomic E-state index is 0.0576. The molecule has 0 heterocycles. The zero-order valence-corrected chi connectivity index (χ0v) is 16.1. The van der Waals surface area contributed by atoms with E-state index >= 15 is 0 Å². The molecule has 146 valence electrons. The second-order valence-electron chi connectivity index (χ2n) is 6.76. The molecule has 0 radical (unpaired) electrons. The van der Waals surface area contributed by atoms with Gasteiger partial charge in [0.15, 0.2) is 0 Å². The molecule has 0 aliphatic carbocycles. The first-order valence-corrected chi connectivity index (χ1v) is 9.08. The number of benzene rings is 2. The Balaban J connectivity index is 1.68. The van der Waals surface area contributed by atoms with Crippen LogP contribution in [0.2, 0.25) is 0 Å². The zero-order chi connectivity index (χ0) is 20.5. The minimum atomic E-state index is -0.418. The van der Waals surface area contributed by atoms with Gasteiger partial charge in [-0.1, -0.05) is 35.4 Å². The fraction of sp³-hybridized carbons (Fsp3) is 0.273. The molecule has 0 bridgehead atoms. The van der Waals surface area contributed by atoms with E-state index in [4.69, 9.17) is 0 Å². The summed E-state index contributed by atoms with van der Waals surface area (Å²) in [6.45, 7) is 3.88. The predicted octanol–water partition coefficient (Wildman–Crippen LogP) is 3.58. The highest BCUT2D eigenvalue weighted by atomic mass is 16.2. The van der Waals surface area contributed by atoms with Crippen molar-refractivity contribution in [2.75, 3.05) is 10.6 Å². The standard InChI is InChI=1S/C22H24N2O4/c1-15-3-7-17(8-4-15)23-21(27)13-19(25)11-12-20(26)14-22(28)24-18-9-5-16(2)6-10-18/h3-10H,11-14H2,1-2H3,(H,23,27)(H,24,28). The number of aryl methyl sites for hydroxylation is 2. The average Bonchev–Trinajstić information content (AvgIpc) is 2.64. The van der Waals surface area contributed by atoms with Gasteiger partial charge < -0.3 is 10.6 Å². The third kappa shape index (κ3) is 7.53. The topological polar surface area (TPSA) is 92.3 Å². The van der Waals surface area contributed by atoms with Crippen LogP contribution in [0, 0.1) is 13.8 Å². The summed E-state index contributed by atoms with van der Waals surface area (Å²) in [5.74, 6) is -1.51. The average molecular weight is 380 g/mol. The second kappa shape index (κ2) is 10.2. The molecule has 6 heteroatoms. The summed E-state index contributed by atoms with van der Waals surface area (Å²) in [5.41, 5.74) is 3.37. The van der Waals surface area contributed by atoms with Crippen molar-refractivity contribution < 1.29 is 19.2 Å². The van der Waals surface area contributed by atoms with Crippen LogP contribution in [0.5, 0.6) is 0 Å². The molecule has 6 nitrogen and oxygen atoms in total. The molecule has 0 unspecified atom stereocenters. The highest BCUT2D eigenvalue weighted by Crippen LogP contribution is 2.11. The molecule has 2 amide bonds. The van der Waals surface area contributed by atoms with Gasteiger partial charge in [-0.05, 0) is 38.1 Å². The summed E-state index contributed by atoms with van der Waals surface area (Å²) in [6, 6.07) is 14.5.